The molecule has 1 saturated carbocycles. The number of hydrogen-bond donors (Lipinski definition) is 1. The zero-order valence-electron chi connectivity index (χ0n) is 7.21. The molecule has 0 radical (unpaired) electrons. The number of rotatable bonds is 4. The van der Waals surface area contributed by atoms with Crippen LogP contribution >= 0.6 is 12.2 Å². The Labute approximate surface area is 73.7 Å². The maximum absolute atomic E-state index is 5.52. The first-order chi connectivity index (χ1) is 5.11. The van der Waals surface area contributed by atoms with Gasteiger partial charge >= 0.3 is 0 Å². The van der Waals surface area contributed by atoms with Gasteiger partial charge in [-0.2, -0.15) is 0 Å². The molecule has 1 rings (SSSR count). The second kappa shape index (κ2) is 3.50. The molecule has 0 aromatic rings. The van der Waals surface area contributed by atoms with Gasteiger partial charge in [-0.1, -0.05) is 12.2 Å². The lowest BCUT2D eigenvalue weighted by Gasteiger charge is -2.23. The van der Waals surface area contributed by atoms with E-state index in [1.807, 2.05) is 0 Å². The van der Waals surface area contributed by atoms with E-state index in [4.69, 9.17) is 18.0 Å². The monoisotopic (exact) mass is 172 g/mol. The predicted molar refractivity (Wildman–Crippen MR) is 51.6 cm³/mol. The lowest BCUT2D eigenvalue weighted by Crippen LogP contribution is -2.40. The molecule has 64 valence electrons. The second-order valence-corrected chi connectivity index (χ2v) is 3.93. The van der Waals surface area contributed by atoms with Gasteiger partial charge in [0.05, 0.1) is 11.0 Å². The van der Waals surface area contributed by atoms with E-state index in [1.54, 1.807) is 0 Å². The fourth-order valence-electron chi connectivity index (χ4n) is 1.08. The van der Waals surface area contributed by atoms with Crippen LogP contribution in [0.5, 0.6) is 0 Å². The average molecular weight is 172 g/mol. The van der Waals surface area contributed by atoms with Crippen molar-refractivity contribution in [2.75, 3.05) is 13.6 Å². The number of thiocarbonyl (C=S) groups is 1. The van der Waals surface area contributed by atoms with E-state index >= 15 is 0 Å². The van der Waals surface area contributed by atoms with E-state index < -0.39 is 0 Å². The summed E-state index contributed by atoms with van der Waals surface area (Å²) >= 11 is 4.90. The van der Waals surface area contributed by atoms with Crippen LogP contribution < -0.4 is 5.73 Å². The van der Waals surface area contributed by atoms with Gasteiger partial charge in [0.25, 0.3) is 0 Å². The van der Waals surface area contributed by atoms with Gasteiger partial charge in [0.1, 0.15) is 0 Å². The number of nitrogens with two attached hydrogens (primary N) is 1. The number of hydrogen-bond acceptors (Lipinski definition) is 2. The zero-order valence-corrected chi connectivity index (χ0v) is 8.03. The van der Waals surface area contributed by atoms with Crippen LogP contribution in [0.1, 0.15) is 19.8 Å². The van der Waals surface area contributed by atoms with Crippen LogP contribution in [0.2, 0.25) is 0 Å². The minimum atomic E-state index is 0.255. The Balaban J connectivity index is 2.26. The number of likely N-dealkylation sites (N-methyl/N-ethyl adjacent to an activating group) is 1. The fraction of sp³-hybridized carbons (Fsp3) is 0.875. The van der Waals surface area contributed by atoms with Crippen molar-refractivity contribution in [2.45, 2.75) is 25.8 Å². The molecule has 0 spiro atoms. The first-order valence-electron chi connectivity index (χ1n) is 4.11. The number of nitrogens with zero attached hydrogens (tertiary/aromatic N) is 1. The van der Waals surface area contributed by atoms with Crippen LogP contribution in [0.15, 0.2) is 0 Å². The molecule has 0 amide bonds. The third-order valence-corrected chi connectivity index (χ3v) is 2.66. The van der Waals surface area contributed by atoms with Gasteiger partial charge in [0.2, 0.25) is 0 Å². The van der Waals surface area contributed by atoms with Crippen LogP contribution in [-0.4, -0.2) is 29.5 Å². The Hall–Kier alpha value is -0.150. The molecule has 0 saturated heterocycles. The van der Waals surface area contributed by atoms with Crippen molar-refractivity contribution < 1.29 is 0 Å². The molecule has 2 nitrogen and oxygen atoms in total. The summed E-state index contributed by atoms with van der Waals surface area (Å²) in [7, 11) is 2.09. The van der Waals surface area contributed by atoms with Crippen molar-refractivity contribution in [3.63, 3.8) is 0 Å². The van der Waals surface area contributed by atoms with E-state index in [9.17, 15) is 0 Å². The van der Waals surface area contributed by atoms with E-state index in [0.717, 1.165) is 12.5 Å². The maximum Gasteiger partial charge on any atom is 0.0899 e. The van der Waals surface area contributed by atoms with E-state index in [0.29, 0.717) is 4.99 Å². The highest BCUT2D eigenvalue weighted by Gasteiger charge is 2.25. The Kier molecular flexibility index (Phi) is 2.84. The van der Waals surface area contributed by atoms with Crippen molar-refractivity contribution in [2.24, 2.45) is 11.7 Å². The highest BCUT2D eigenvalue weighted by molar-refractivity contribution is 7.80. The minimum absolute atomic E-state index is 0.255. The summed E-state index contributed by atoms with van der Waals surface area (Å²) in [6.45, 7) is 3.21. The summed E-state index contributed by atoms with van der Waals surface area (Å²) in [5, 5.41) is 0. The molecule has 0 aromatic carbocycles. The summed E-state index contributed by atoms with van der Waals surface area (Å²) in [6.07, 6.45) is 2.77. The molecule has 1 atom stereocenters. The molecule has 0 bridgehead atoms. The van der Waals surface area contributed by atoms with Crippen molar-refractivity contribution in [1.82, 2.24) is 4.90 Å². The van der Waals surface area contributed by atoms with Crippen LogP contribution in [0, 0.1) is 5.92 Å². The molecule has 1 aliphatic rings. The van der Waals surface area contributed by atoms with Crippen LogP contribution in [0.3, 0.4) is 0 Å². The van der Waals surface area contributed by atoms with Gasteiger partial charge in [0.15, 0.2) is 0 Å². The van der Waals surface area contributed by atoms with Crippen molar-refractivity contribution in [1.29, 1.82) is 0 Å². The van der Waals surface area contributed by atoms with Gasteiger partial charge in [-0.25, -0.2) is 0 Å². The lowest BCUT2D eigenvalue weighted by molar-refractivity contribution is 0.299. The van der Waals surface area contributed by atoms with E-state index in [-0.39, 0.29) is 6.04 Å². The molecule has 11 heavy (non-hydrogen) atoms. The first kappa shape index (κ1) is 8.94. The Morgan fingerprint density at radius 2 is 2.27 bits per heavy atom. The highest BCUT2D eigenvalue weighted by Crippen LogP contribution is 2.29. The Bertz CT molecular complexity index is 154. The van der Waals surface area contributed by atoms with Crippen molar-refractivity contribution in [3.8, 4) is 0 Å². The molecule has 0 aromatic heterocycles. The van der Waals surface area contributed by atoms with E-state index in [1.165, 1.54) is 12.8 Å². The van der Waals surface area contributed by atoms with Gasteiger partial charge in [-0.05, 0) is 32.7 Å². The molecular weight excluding hydrogens is 156 g/mol. The SMILES string of the molecule is CC(C(N)=S)N(C)CC1CC1. The molecule has 1 aliphatic carbocycles. The summed E-state index contributed by atoms with van der Waals surface area (Å²) < 4.78 is 0. The lowest BCUT2D eigenvalue weighted by atomic mass is 10.2. The molecule has 1 unspecified atom stereocenters. The first-order valence-corrected chi connectivity index (χ1v) is 4.51. The maximum atomic E-state index is 5.52. The Morgan fingerprint density at radius 3 is 2.64 bits per heavy atom. The molecule has 1 fully saturated rings. The third-order valence-electron chi connectivity index (χ3n) is 2.32. The van der Waals surface area contributed by atoms with E-state index in [2.05, 4.69) is 18.9 Å². The van der Waals surface area contributed by atoms with Crippen LogP contribution in [0.25, 0.3) is 0 Å². The smallest absolute Gasteiger partial charge is 0.0899 e. The zero-order chi connectivity index (χ0) is 8.43. The van der Waals surface area contributed by atoms with Crippen LogP contribution in [0.4, 0.5) is 0 Å². The Morgan fingerprint density at radius 1 is 1.73 bits per heavy atom. The summed E-state index contributed by atoms with van der Waals surface area (Å²) in [4.78, 5) is 2.84. The van der Waals surface area contributed by atoms with Gasteiger partial charge in [0, 0.05) is 6.54 Å². The molecule has 0 aliphatic heterocycles. The van der Waals surface area contributed by atoms with Crippen molar-refractivity contribution in [3.05, 3.63) is 0 Å². The second-order valence-electron chi connectivity index (χ2n) is 3.46. The predicted octanol–water partition coefficient (Wildman–Crippen LogP) is 1.00. The normalized spacial score (nSPS) is 20.3. The average Bonchev–Trinajstić information content (AvgIpc) is 2.69. The standard InChI is InChI=1S/C8H16N2S/c1-6(8(9)11)10(2)5-7-3-4-7/h6-7H,3-5H2,1-2H3,(H2,9,11). The highest BCUT2D eigenvalue weighted by atomic mass is 32.1. The van der Waals surface area contributed by atoms with Crippen LogP contribution in [-0.2, 0) is 0 Å². The van der Waals surface area contributed by atoms with Gasteiger partial charge in [-0.15, -0.1) is 0 Å². The largest absolute Gasteiger partial charge is 0.392 e. The van der Waals surface area contributed by atoms with Crippen molar-refractivity contribution >= 4 is 17.2 Å². The fourth-order valence-corrected chi connectivity index (χ4v) is 1.26. The third kappa shape index (κ3) is 2.75. The summed E-state index contributed by atoms with van der Waals surface area (Å²) in [6, 6.07) is 0.255. The molecule has 3 heteroatoms. The molecular formula is C8H16N2S. The summed E-state index contributed by atoms with van der Waals surface area (Å²) in [5.41, 5.74) is 5.52. The molecule has 2 N–H and O–H groups in total. The topological polar surface area (TPSA) is 29.3 Å². The molecule has 0 heterocycles. The minimum Gasteiger partial charge on any atom is -0.392 e. The van der Waals surface area contributed by atoms with Gasteiger partial charge < -0.3 is 5.73 Å². The quantitative estimate of drug-likeness (QED) is 0.642. The summed E-state index contributed by atoms with van der Waals surface area (Å²) in [5.74, 6) is 0.914. The van der Waals surface area contributed by atoms with Gasteiger partial charge in [-0.3, -0.25) is 4.90 Å².